The molecule has 10 heteroatoms. The number of hydrogen-bond donors (Lipinski definition) is 0. The molecule has 180 valence electrons. The van der Waals surface area contributed by atoms with Gasteiger partial charge in [0.25, 0.3) is 0 Å². The molecular formula is C24H25F2N3O3S2. The van der Waals surface area contributed by atoms with Gasteiger partial charge in [0.15, 0.2) is 9.84 Å². The van der Waals surface area contributed by atoms with Gasteiger partial charge in [-0.2, -0.15) is 4.37 Å². The fourth-order valence-corrected chi connectivity index (χ4v) is 7.09. The number of rotatable bonds is 6. The number of nitrogens with zero attached hydrogens (tertiary/aromatic N) is 3. The second kappa shape index (κ2) is 9.67. The molecule has 34 heavy (non-hydrogen) atoms. The van der Waals surface area contributed by atoms with E-state index in [4.69, 9.17) is 4.74 Å². The molecule has 5 rings (SSSR count). The topological polar surface area (TPSA) is 72.4 Å². The molecule has 0 N–H and O–H groups in total. The van der Waals surface area contributed by atoms with Crippen molar-refractivity contribution in [1.82, 2.24) is 14.3 Å². The Bertz CT molecular complexity index is 1240. The summed E-state index contributed by atoms with van der Waals surface area (Å²) in [5.74, 6) is 0.0221. The van der Waals surface area contributed by atoms with Gasteiger partial charge >= 0.3 is 0 Å². The van der Waals surface area contributed by atoms with Gasteiger partial charge in [-0.15, -0.1) is 0 Å². The first-order chi connectivity index (χ1) is 16.4. The van der Waals surface area contributed by atoms with Crippen molar-refractivity contribution in [1.29, 1.82) is 0 Å². The molecule has 2 aromatic carbocycles. The van der Waals surface area contributed by atoms with Gasteiger partial charge in [0.05, 0.1) is 18.2 Å². The van der Waals surface area contributed by atoms with E-state index < -0.39 is 9.84 Å². The van der Waals surface area contributed by atoms with Crippen LogP contribution in [0.5, 0.6) is 5.75 Å². The Morgan fingerprint density at radius 1 is 1.12 bits per heavy atom. The summed E-state index contributed by atoms with van der Waals surface area (Å²) in [6, 6.07) is 11.4. The Balaban J connectivity index is 1.45. The molecule has 0 unspecified atom stereocenters. The smallest absolute Gasteiger partial charge is 0.185 e. The summed E-state index contributed by atoms with van der Waals surface area (Å²) in [5, 5.41) is 0.439. The molecule has 3 heterocycles. The van der Waals surface area contributed by atoms with Gasteiger partial charge in [-0.1, -0.05) is 18.2 Å². The number of ether oxygens (including phenoxy) is 1. The summed E-state index contributed by atoms with van der Waals surface area (Å²) < 4.78 is 62.7. The number of halogens is 2. The zero-order valence-electron chi connectivity index (χ0n) is 18.4. The van der Waals surface area contributed by atoms with E-state index in [0.29, 0.717) is 30.3 Å². The molecule has 1 saturated heterocycles. The Labute approximate surface area is 201 Å². The Kier molecular flexibility index (Phi) is 6.63. The highest BCUT2D eigenvalue weighted by Gasteiger charge is 2.37. The van der Waals surface area contributed by atoms with Gasteiger partial charge < -0.3 is 4.74 Å². The maximum atomic E-state index is 13.6. The lowest BCUT2D eigenvalue weighted by Crippen LogP contribution is -2.41. The molecule has 1 fully saturated rings. The van der Waals surface area contributed by atoms with Crippen LogP contribution >= 0.6 is 11.5 Å². The Morgan fingerprint density at radius 3 is 2.68 bits per heavy atom. The highest BCUT2D eigenvalue weighted by molar-refractivity contribution is 7.90. The van der Waals surface area contributed by atoms with Crippen LogP contribution in [0.25, 0.3) is 0 Å². The molecule has 0 aliphatic carbocycles. The number of benzene rings is 2. The molecule has 2 aliphatic heterocycles. The van der Waals surface area contributed by atoms with Crippen LogP contribution < -0.4 is 4.74 Å². The van der Waals surface area contributed by atoms with E-state index >= 15 is 0 Å². The second-order valence-corrected chi connectivity index (χ2v) is 11.7. The number of hydrogen-bond acceptors (Lipinski definition) is 7. The third kappa shape index (κ3) is 4.71. The van der Waals surface area contributed by atoms with Gasteiger partial charge in [-0.3, -0.25) is 9.29 Å². The van der Waals surface area contributed by atoms with Gasteiger partial charge in [-0.05, 0) is 66.7 Å². The fraction of sp³-hybridized carbons (Fsp3) is 0.417. The molecule has 3 atom stereocenters. The van der Waals surface area contributed by atoms with E-state index in [-0.39, 0.29) is 41.1 Å². The lowest BCUT2D eigenvalue weighted by molar-refractivity contribution is 0.0394. The van der Waals surface area contributed by atoms with Gasteiger partial charge in [0.2, 0.25) is 0 Å². The minimum absolute atomic E-state index is 0.000666. The zero-order valence-corrected chi connectivity index (χ0v) is 20.1. The van der Waals surface area contributed by atoms with Crippen LogP contribution in [0.2, 0.25) is 0 Å². The maximum Gasteiger partial charge on any atom is 0.185 e. The molecule has 0 amide bonds. The van der Waals surface area contributed by atoms with Crippen molar-refractivity contribution in [2.24, 2.45) is 5.92 Å². The standard InChI is InChI=1S/C24H25F2N3O3S2/c25-13-16-7-9-29(22(11-16)17-1-3-18(26)4-2-17)21-8-10-32-23-12-19(5-6-20(21)23)34(30,31)14-24-27-15-28-33-24/h1-6,12,15-16,21-22H,7-11,13-14H2/t16-,21-,22+/m1/s1. The molecular weight excluding hydrogens is 480 g/mol. The van der Waals surface area contributed by atoms with Crippen LogP contribution in [0.4, 0.5) is 8.78 Å². The molecule has 0 bridgehead atoms. The van der Waals surface area contributed by atoms with E-state index in [0.717, 1.165) is 35.5 Å². The van der Waals surface area contributed by atoms with Crippen molar-refractivity contribution < 1.29 is 21.9 Å². The van der Waals surface area contributed by atoms with E-state index in [9.17, 15) is 17.2 Å². The molecule has 0 spiro atoms. The van der Waals surface area contributed by atoms with Crippen molar-refractivity contribution in [2.45, 2.75) is 42.0 Å². The van der Waals surface area contributed by atoms with Crippen molar-refractivity contribution >= 4 is 21.4 Å². The van der Waals surface area contributed by atoms with Crippen LogP contribution in [-0.4, -0.2) is 42.5 Å². The van der Waals surface area contributed by atoms with Crippen LogP contribution in [0, 0.1) is 11.7 Å². The first-order valence-electron chi connectivity index (χ1n) is 11.3. The van der Waals surface area contributed by atoms with Crippen molar-refractivity contribution in [3.8, 4) is 5.75 Å². The predicted octanol–water partition coefficient (Wildman–Crippen LogP) is 4.90. The quantitative estimate of drug-likeness (QED) is 0.475. The molecule has 0 radical (unpaired) electrons. The van der Waals surface area contributed by atoms with E-state index in [1.165, 1.54) is 18.5 Å². The number of piperidine rings is 1. The average Bonchev–Trinajstić information content (AvgIpc) is 3.36. The van der Waals surface area contributed by atoms with E-state index in [2.05, 4.69) is 14.3 Å². The third-order valence-electron chi connectivity index (χ3n) is 6.70. The summed E-state index contributed by atoms with van der Waals surface area (Å²) in [6.45, 7) is 0.792. The maximum absolute atomic E-state index is 13.6. The van der Waals surface area contributed by atoms with Crippen molar-refractivity contribution in [3.63, 3.8) is 0 Å². The second-order valence-electron chi connectivity index (χ2n) is 8.80. The number of likely N-dealkylation sites (tertiary alicyclic amines) is 1. The van der Waals surface area contributed by atoms with Crippen molar-refractivity contribution in [3.05, 3.63) is 70.7 Å². The molecule has 2 aliphatic rings. The Hall–Kier alpha value is -2.43. The predicted molar refractivity (Wildman–Crippen MR) is 125 cm³/mol. The first kappa shape index (κ1) is 23.3. The molecule has 3 aromatic rings. The summed E-state index contributed by atoms with van der Waals surface area (Å²) >= 11 is 1.07. The van der Waals surface area contributed by atoms with Crippen molar-refractivity contribution in [2.75, 3.05) is 19.8 Å². The fourth-order valence-electron chi connectivity index (χ4n) is 4.98. The molecule has 1 aromatic heterocycles. The highest BCUT2D eigenvalue weighted by Crippen LogP contribution is 2.45. The van der Waals surface area contributed by atoms with Gasteiger partial charge in [0, 0.05) is 24.1 Å². The summed E-state index contributed by atoms with van der Waals surface area (Å²) in [7, 11) is -3.59. The van der Waals surface area contributed by atoms with Gasteiger partial charge in [-0.25, -0.2) is 17.8 Å². The molecule has 0 saturated carbocycles. The number of fused-ring (bicyclic) bond motifs is 1. The number of aromatic nitrogens is 2. The number of sulfone groups is 1. The average molecular weight is 506 g/mol. The largest absolute Gasteiger partial charge is 0.493 e. The lowest BCUT2D eigenvalue weighted by atomic mass is 9.85. The summed E-state index contributed by atoms with van der Waals surface area (Å²) in [6.07, 6.45) is 3.49. The van der Waals surface area contributed by atoms with E-state index in [1.54, 1.807) is 24.3 Å². The van der Waals surface area contributed by atoms with Crippen LogP contribution in [-0.2, 0) is 15.6 Å². The number of alkyl halides is 1. The monoisotopic (exact) mass is 505 g/mol. The SMILES string of the molecule is O=S(=O)(Cc1ncns1)c1ccc2c(c1)OCC[C@H]2N1CC[C@@H](CF)C[C@H]1c1ccc(F)cc1. The van der Waals surface area contributed by atoms with Crippen LogP contribution in [0.15, 0.2) is 53.7 Å². The Morgan fingerprint density at radius 2 is 1.94 bits per heavy atom. The lowest BCUT2D eigenvalue weighted by Gasteiger charge is -2.45. The minimum atomic E-state index is -3.59. The minimum Gasteiger partial charge on any atom is -0.493 e. The summed E-state index contributed by atoms with van der Waals surface area (Å²) in [5.41, 5.74) is 1.88. The van der Waals surface area contributed by atoms with E-state index in [1.807, 2.05) is 6.07 Å². The third-order valence-corrected chi connectivity index (χ3v) is 9.17. The van der Waals surface area contributed by atoms with Crippen LogP contribution in [0.1, 0.15) is 47.5 Å². The highest BCUT2D eigenvalue weighted by atomic mass is 32.2. The first-order valence-corrected chi connectivity index (χ1v) is 13.7. The van der Waals surface area contributed by atoms with Crippen LogP contribution in [0.3, 0.4) is 0 Å². The molecule has 6 nitrogen and oxygen atoms in total. The zero-order chi connectivity index (χ0) is 23.7. The normalized spacial score (nSPS) is 23.3. The summed E-state index contributed by atoms with van der Waals surface area (Å²) in [4.78, 5) is 6.52. The van der Waals surface area contributed by atoms with Gasteiger partial charge in [0.1, 0.15) is 28.7 Å².